The fraction of sp³-hybridized carbons (Fsp3) is 0.222. The first kappa shape index (κ1) is 11.0. The van der Waals surface area contributed by atoms with Crippen LogP contribution in [-0.2, 0) is 0 Å². The van der Waals surface area contributed by atoms with Gasteiger partial charge in [0.1, 0.15) is 0 Å². The summed E-state index contributed by atoms with van der Waals surface area (Å²) in [5.74, 6) is -0.0775. The summed E-state index contributed by atoms with van der Waals surface area (Å²) >= 11 is 0. The van der Waals surface area contributed by atoms with E-state index in [9.17, 15) is 10.1 Å². The van der Waals surface area contributed by atoms with Gasteiger partial charge in [0.15, 0.2) is 5.96 Å². The highest BCUT2D eigenvalue weighted by molar-refractivity contribution is 5.92. The second-order valence-electron chi connectivity index (χ2n) is 2.90. The van der Waals surface area contributed by atoms with Crippen molar-refractivity contribution in [2.45, 2.75) is 6.92 Å². The third-order valence-corrected chi connectivity index (χ3v) is 1.98. The highest BCUT2D eigenvalue weighted by Gasteiger charge is 2.09. The fourth-order valence-electron chi connectivity index (χ4n) is 1.25. The first-order valence-corrected chi connectivity index (χ1v) is 4.42. The number of nitro groups is 1. The Hall–Kier alpha value is -2.11. The molecule has 1 rings (SSSR count). The van der Waals surface area contributed by atoms with Crippen LogP contribution in [0.15, 0.2) is 24.3 Å². The Labute approximate surface area is 87.0 Å². The number of nitrogens with zero attached hydrogens (tertiary/aromatic N) is 2. The number of benzene rings is 1. The Bertz CT molecular complexity index is 374. The van der Waals surface area contributed by atoms with Gasteiger partial charge in [0, 0.05) is 24.4 Å². The number of rotatable bonds is 3. The first-order chi connectivity index (χ1) is 7.06. The van der Waals surface area contributed by atoms with Crippen LogP contribution in [0.5, 0.6) is 0 Å². The van der Waals surface area contributed by atoms with Crippen LogP contribution in [0, 0.1) is 15.5 Å². The van der Waals surface area contributed by atoms with Crippen molar-refractivity contribution in [1.29, 1.82) is 5.41 Å². The summed E-state index contributed by atoms with van der Waals surface area (Å²) in [6.07, 6.45) is 0. The highest BCUT2D eigenvalue weighted by Crippen LogP contribution is 2.18. The molecule has 0 amide bonds. The maximum Gasteiger partial charge on any atom is 0.269 e. The van der Waals surface area contributed by atoms with E-state index in [0.717, 1.165) is 0 Å². The molecule has 0 fully saturated rings. The molecule has 0 aliphatic carbocycles. The predicted molar refractivity (Wildman–Crippen MR) is 58.0 cm³/mol. The Kier molecular flexibility index (Phi) is 3.22. The van der Waals surface area contributed by atoms with Crippen LogP contribution < -0.4 is 10.6 Å². The number of nitrogens with two attached hydrogens (primary N) is 1. The maximum absolute atomic E-state index is 10.4. The van der Waals surface area contributed by atoms with Gasteiger partial charge in [-0.25, -0.2) is 0 Å². The fourth-order valence-corrected chi connectivity index (χ4v) is 1.25. The minimum Gasteiger partial charge on any atom is -0.370 e. The minimum atomic E-state index is -0.464. The Morgan fingerprint density at radius 1 is 1.53 bits per heavy atom. The van der Waals surface area contributed by atoms with Gasteiger partial charge in [-0.05, 0) is 19.1 Å². The van der Waals surface area contributed by atoms with Crippen molar-refractivity contribution in [2.24, 2.45) is 5.73 Å². The minimum absolute atomic E-state index is 0.0263. The molecular formula is C9H12N4O2. The third-order valence-electron chi connectivity index (χ3n) is 1.98. The van der Waals surface area contributed by atoms with Crippen LogP contribution in [-0.4, -0.2) is 17.4 Å². The number of hydrogen-bond acceptors (Lipinski definition) is 3. The summed E-state index contributed by atoms with van der Waals surface area (Å²) in [6, 6.07) is 5.92. The van der Waals surface area contributed by atoms with Gasteiger partial charge in [-0.15, -0.1) is 0 Å². The lowest BCUT2D eigenvalue weighted by Crippen LogP contribution is -2.36. The molecule has 1 aromatic rings. The molecule has 6 heteroatoms. The lowest BCUT2D eigenvalue weighted by molar-refractivity contribution is -0.384. The van der Waals surface area contributed by atoms with Gasteiger partial charge in [0.25, 0.3) is 5.69 Å². The Balaban J connectivity index is 2.97. The molecule has 0 atom stereocenters. The van der Waals surface area contributed by atoms with Crippen molar-refractivity contribution in [1.82, 2.24) is 0 Å². The summed E-state index contributed by atoms with van der Waals surface area (Å²) in [5.41, 5.74) is 6.06. The van der Waals surface area contributed by atoms with Gasteiger partial charge in [0.05, 0.1) is 4.92 Å². The van der Waals surface area contributed by atoms with E-state index in [1.807, 2.05) is 6.92 Å². The molecule has 15 heavy (non-hydrogen) atoms. The van der Waals surface area contributed by atoms with Crippen molar-refractivity contribution >= 4 is 17.3 Å². The molecule has 0 radical (unpaired) electrons. The van der Waals surface area contributed by atoms with E-state index in [4.69, 9.17) is 11.1 Å². The maximum atomic E-state index is 10.4. The quantitative estimate of drug-likeness (QED) is 0.339. The standard InChI is InChI=1S/C9H12N4O2/c1-2-12(9(10)11)7-3-5-8(6-4-7)13(14)15/h3-6H,2H2,1H3,(H3,10,11). The molecular weight excluding hydrogens is 196 g/mol. The van der Waals surface area contributed by atoms with Crippen molar-refractivity contribution < 1.29 is 4.92 Å². The Morgan fingerprint density at radius 3 is 2.40 bits per heavy atom. The molecule has 3 N–H and O–H groups in total. The number of nitrogens with one attached hydrogen (secondary N) is 1. The summed E-state index contributed by atoms with van der Waals surface area (Å²) in [7, 11) is 0. The number of anilines is 1. The van der Waals surface area contributed by atoms with Gasteiger partial charge in [-0.2, -0.15) is 0 Å². The molecule has 0 unspecified atom stereocenters. The zero-order chi connectivity index (χ0) is 11.4. The van der Waals surface area contributed by atoms with Crippen molar-refractivity contribution in [2.75, 3.05) is 11.4 Å². The lowest BCUT2D eigenvalue weighted by Gasteiger charge is -2.20. The van der Waals surface area contributed by atoms with E-state index < -0.39 is 4.92 Å². The summed E-state index contributed by atoms with van der Waals surface area (Å²) in [4.78, 5) is 11.5. The molecule has 0 aliphatic rings. The van der Waals surface area contributed by atoms with E-state index in [1.54, 1.807) is 17.0 Å². The van der Waals surface area contributed by atoms with Crippen LogP contribution in [0.25, 0.3) is 0 Å². The number of guanidine groups is 1. The van der Waals surface area contributed by atoms with Gasteiger partial charge >= 0.3 is 0 Å². The molecule has 0 bridgehead atoms. The summed E-state index contributed by atoms with van der Waals surface area (Å²) < 4.78 is 0. The number of hydrogen-bond donors (Lipinski definition) is 2. The molecule has 0 spiro atoms. The molecule has 80 valence electrons. The second-order valence-corrected chi connectivity index (χ2v) is 2.90. The molecule has 0 aliphatic heterocycles. The van der Waals surface area contributed by atoms with E-state index in [0.29, 0.717) is 12.2 Å². The lowest BCUT2D eigenvalue weighted by atomic mass is 10.2. The largest absolute Gasteiger partial charge is 0.370 e. The van der Waals surface area contributed by atoms with Crippen molar-refractivity contribution in [3.8, 4) is 0 Å². The third kappa shape index (κ3) is 2.43. The zero-order valence-corrected chi connectivity index (χ0v) is 8.30. The average molecular weight is 208 g/mol. The van der Waals surface area contributed by atoms with Crippen LogP contribution >= 0.6 is 0 Å². The first-order valence-electron chi connectivity index (χ1n) is 4.42. The molecule has 6 nitrogen and oxygen atoms in total. The molecule has 0 heterocycles. The molecule has 1 aromatic carbocycles. The normalized spacial score (nSPS) is 9.67. The van der Waals surface area contributed by atoms with Gasteiger partial charge in [0.2, 0.25) is 0 Å². The monoisotopic (exact) mass is 208 g/mol. The van der Waals surface area contributed by atoms with Crippen LogP contribution in [0.3, 0.4) is 0 Å². The molecule has 0 saturated heterocycles. The Morgan fingerprint density at radius 2 is 2.07 bits per heavy atom. The zero-order valence-electron chi connectivity index (χ0n) is 8.30. The van der Waals surface area contributed by atoms with E-state index in [1.165, 1.54) is 12.1 Å². The van der Waals surface area contributed by atoms with Crippen LogP contribution in [0.2, 0.25) is 0 Å². The SMILES string of the molecule is CCN(C(=N)N)c1ccc([N+](=O)[O-])cc1. The van der Waals surface area contributed by atoms with Gasteiger partial charge in [-0.1, -0.05) is 0 Å². The smallest absolute Gasteiger partial charge is 0.269 e. The van der Waals surface area contributed by atoms with Gasteiger partial charge < -0.3 is 10.6 Å². The molecule has 0 saturated carbocycles. The van der Waals surface area contributed by atoms with Crippen molar-refractivity contribution in [3.63, 3.8) is 0 Å². The van der Waals surface area contributed by atoms with E-state index in [2.05, 4.69) is 0 Å². The number of non-ortho nitro benzene ring substituents is 1. The number of nitro benzene ring substituents is 1. The van der Waals surface area contributed by atoms with Gasteiger partial charge in [-0.3, -0.25) is 15.5 Å². The topological polar surface area (TPSA) is 96.2 Å². The van der Waals surface area contributed by atoms with Crippen molar-refractivity contribution in [3.05, 3.63) is 34.4 Å². The van der Waals surface area contributed by atoms with Crippen LogP contribution in [0.1, 0.15) is 6.92 Å². The summed E-state index contributed by atoms with van der Waals surface area (Å²) in [6.45, 7) is 2.40. The predicted octanol–water partition coefficient (Wildman–Crippen LogP) is 1.31. The van der Waals surface area contributed by atoms with E-state index in [-0.39, 0.29) is 11.6 Å². The molecule has 0 aromatic heterocycles. The average Bonchev–Trinajstić information content (AvgIpc) is 2.19. The summed E-state index contributed by atoms with van der Waals surface area (Å²) in [5, 5.41) is 17.7. The highest BCUT2D eigenvalue weighted by atomic mass is 16.6. The van der Waals surface area contributed by atoms with Crippen LogP contribution in [0.4, 0.5) is 11.4 Å². The second kappa shape index (κ2) is 4.41. The van der Waals surface area contributed by atoms with E-state index >= 15 is 0 Å².